The number of aromatic nitrogens is 4. The van der Waals surface area contributed by atoms with Crippen LogP contribution in [0.15, 0.2) is 47.7 Å². The van der Waals surface area contributed by atoms with Crippen molar-refractivity contribution >= 4 is 34.7 Å². The van der Waals surface area contributed by atoms with Crippen molar-refractivity contribution in [3.8, 4) is 6.07 Å². The minimum Gasteiger partial charge on any atom is -0.476 e. The maximum Gasteiger partial charge on any atom is 0.356 e. The summed E-state index contributed by atoms with van der Waals surface area (Å²) in [6.45, 7) is 4.64. The van der Waals surface area contributed by atoms with Crippen molar-refractivity contribution in [1.82, 2.24) is 19.4 Å². The zero-order valence-corrected chi connectivity index (χ0v) is 20.1. The predicted octanol–water partition coefficient (Wildman–Crippen LogP) is 3.71. The molecule has 180 valence electrons. The van der Waals surface area contributed by atoms with Crippen LogP contribution in [0.25, 0.3) is 5.65 Å². The maximum absolute atomic E-state index is 13.4. The van der Waals surface area contributed by atoms with Crippen LogP contribution in [0.2, 0.25) is 5.15 Å². The van der Waals surface area contributed by atoms with E-state index in [0.717, 1.165) is 16.7 Å². The molecule has 0 aromatic carbocycles. The van der Waals surface area contributed by atoms with Gasteiger partial charge in [0, 0.05) is 37.2 Å². The van der Waals surface area contributed by atoms with Crippen LogP contribution in [0.1, 0.15) is 51.3 Å². The molecule has 10 nitrogen and oxygen atoms in total. The number of nitrogens with zero attached hydrogens (tertiary/aromatic N) is 6. The molecule has 5 rings (SSSR count). The van der Waals surface area contributed by atoms with Gasteiger partial charge in [-0.25, -0.2) is 14.8 Å². The monoisotopic (exact) mass is 501 g/mol. The van der Waals surface area contributed by atoms with Crippen molar-refractivity contribution in [2.24, 2.45) is 0 Å². The fourth-order valence-electron chi connectivity index (χ4n) is 4.44. The number of aromatic carboxylic acids is 1. The van der Waals surface area contributed by atoms with Crippen molar-refractivity contribution in [2.45, 2.75) is 33.0 Å². The summed E-state index contributed by atoms with van der Waals surface area (Å²) in [5, 5.41) is 22.6. The number of carbonyl (C=O) groups is 1. The van der Waals surface area contributed by atoms with Gasteiger partial charge < -0.3 is 15.3 Å². The third-order valence-corrected chi connectivity index (χ3v) is 6.32. The Labute approximate surface area is 210 Å². The molecule has 1 aliphatic rings. The lowest BCUT2D eigenvalue weighted by molar-refractivity contribution is 0.0691. The van der Waals surface area contributed by atoms with Crippen molar-refractivity contribution in [3.05, 3.63) is 91.9 Å². The molecule has 0 amide bonds. The first-order chi connectivity index (χ1) is 17.3. The van der Waals surface area contributed by atoms with Crippen molar-refractivity contribution in [3.63, 3.8) is 0 Å². The van der Waals surface area contributed by atoms with Gasteiger partial charge in [0.1, 0.15) is 16.9 Å². The van der Waals surface area contributed by atoms with E-state index < -0.39 is 17.6 Å². The van der Waals surface area contributed by atoms with E-state index in [1.807, 2.05) is 36.9 Å². The Balaban J connectivity index is 1.63. The van der Waals surface area contributed by atoms with E-state index >= 15 is 0 Å². The number of carboxylic acids is 1. The summed E-state index contributed by atoms with van der Waals surface area (Å²) < 4.78 is 1.37. The lowest BCUT2D eigenvalue weighted by Gasteiger charge is -2.22. The molecule has 0 fully saturated rings. The van der Waals surface area contributed by atoms with Gasteiger partial charge >= 0.3 is 5.97 Å². The number of aryl methyl sites for hydroxylation is 1. The molecule has 0 unspecified atom stereocenters. The van der Waals surface area contributed by atoms with Crippen LogP contribution >= 0.6 is 11.6 Å². The van der Waals surface area contributed by atoms with Crippen molar-refractivity contribution in [1.29, 1.82) is 5.26 Å². The number of nitriles is 1. The van der Waals surface area contributed by atoms with Gasteiger partial charge in [0.05, 0.1) is 11.7 Å². The molecule has 11 heteroatoms. The molecule has 1 aliphatic heterocycles. The van der Waals surface area contributed by atoms with Crippen LogP contribution in [0.4, 0.5) is 11.5 Å². The number of rotatable bonds is 5. The minimum atomic E-state index is -1.22. The minimum absolute atomic E-state index is 0.0412. The molecule has 4 aromatic rings. The average Bonchev–Trinajstić information content (AvgIpc) is 3.29. The van der Waals surface area contributed by atoms with Crippen LogP contribution in [-0.2, 0) is 13.1 Å². The van der Waals surface area contributed by atoms with E-state index in [0.29, 0.717) is 30.1 Å². The Kier molecular flexibility index (Phi) is 5.78. The van der Waals surface area contributed by atoms with E-state index in [9.17, 15) is 20.0 Å². The number of hydrogen-bond acceptors (Lipinski definition) is 8. The molecule has 0 aliphatic carbocycles. The molecule has 0 bridgehead atoms. The molecular weight excluding hydrogens is 482 g/mol. The number of fused-ring (bicyclic) bond motifs is 2. The number of carboxylic acid groups (broad SMARTS) is 1. The number of anilines is 2. The topological polar surface area (TPSA) is 137 Å². The molecule has 36 heavy (non-hydrogen) atoms. The van der Waals surface area contributed by atoms with Crippen LogP contribution in [0, 0.1) is 18.3 Å². The lowest BCUT2D eigenvalue weighted by Crippen LogP contribution is -2.27. The molecule has 4 aromatic heterocycles. The fraction of sp³-hybridized carbons (Fsp3) is 0.200. The second-order valence-electron chi connectivity index (χ2n) is 8.60. The zero-order chi connectivity index (χ0) is 25.6. The highest BCUT2D eigenvalue weighted by Crippen LogP contribution is 2.30. The first-order valence-electron chi connectivity index (χ1n) is 11.1. The molecule has 0 saturated carbocycles. The summed E-state index contributed by atoms with van der Waals surface area (Å²) in [5.41, 5.74) is 3.42. The van der Waals surface area contributed by atoms with Crippen LogP contribution in [0.3, 0.4) is 0 Å². The van der Waals surface area contributed by atoms with Gasteiger partial charge in [-0.1, -0.05) is 11.6 Å². The average molecular weight is 502 g/mol. The Morgan fingerprint density at radius 3 is 2.75 bits per heavy atom. The second-order valence-corrected chi connectivity index (χ2v) is 8.98. The van der Waals surface area contributed by atoms with E-state index in [1.54, 1.807) is 24.7 Å². The van der Waals surface area contributed by atoms with Crippen molar-refractivity contribution < 1.29 is 9.90 Å². The molecule has 0 saturated heterocycles. The molecule has 1 atom stereocenters. The third kappa shape index (κ3) is 3.99. The van der Waals surface area contributed by atoms with Gasteiger partial charge in [-0.3, -0.25) is 14.2 Å². The van der Waals surface area contributed by atoms with E-state index in [1.165, 1.54) is 10.5 Å². The standard InChI is InChI=1S/C25H20ClN7O3/c1-13-7-17(14(2)29-19-3-4-20(26)30-21(19)25(35)36)23-31-22(18(8-27)24(34)33(23)10-13)32-11-15-5-6-28-9-16(15)12-32/h3-7,9-10,14,29H,11-12H2,1-2H3,(H,35,36)/t14-/m1/s1. The highest BCUT2D eigenvalue weighted by atomic mass is 35.5. The van der Waals surface area contributed by atoms with Gasteiger partial charge in [0.25, 0.3) is 5.56 Å². The van der Waals surface area contributed by atoms with Crippen LogP contribution in [-0.4, -0.2) is 30.4 Å². The highest BCUT2D eigenvalue weighted by molar-refractivity contribution is 6.29. The smallest absolute Gasteiger partial charge is 0.356 e. The van der Waals surface area contributed by atoms with Gasteiger partial charge in [-0.15, -0.1) is 0 Å². The SMILES string of the molecule is Cc1cc([C@@H](C)Nc2ccc(Cl)nc2C(=O)O)c2nc(N3Cc4ccncc4C3)c(C#N)c(=O)n2c1. The summed E-state index contributed by atoms with van der Waals surface area (Å²) in [5.74, 6) is -0.921. The highest BCUT2D eigenvalue weighted by Gasteiger charge is 2.26. The quantitative estimate of drug-likeness (QED) is 0.392. The molecule has 2 N–H and O–H groups in total. The Morgan fingerprint density at radius 2 is 2.03 bits per heavy atom. The zero-order valence-electron chi connectivity index (χ0n) is 19.4. The normalized spacial score (nSPS) is 13.3. The summed E-state index contributed by atoms with van der Waals surface area (Å²) in [7, 11) is 0. The van der Waals surface area contributed by atoms with Gasteiger partial charge in [-0.05, 0) is 54.8 Å². The summed E-state index contributed by atoms with van der Waals surface area (Å²) >= 11 is 5.89. The van der Waals surface area contributed by atoms with E-state index in [-0.39, 0.29) is 22.1 Å². The molecular formula is C25H20ClN7O3. The van der Waals surface area contributed by atoms with Gasteiger partial charge in [0.2, 0.25) is 0 Å². The molecule has 0 spiro atoms. The van der Waals surface area contributed by atoms with Crippen LogP contribution < -0.4 is 15.8 Å². The van der Waals surface area contributed by atoms with E-state index in [4.69, 9.17) is 16.6 Å². The van der Waals surface area contributed by atoms with Gasteiger partial charge in [-0.2, -0.15) is 5.26 Å². The largest absolute Gasteiger partial charge is 0.476 e. The Hall–Kier alpha value is -4.49. The Bertz CT molecular complexity index is 1620. The third-order valence-electron chi connectivity index (χ3n) is 6.11. The summed E-state index contributed by atoms with van der Waals surface area (Å²) in [4.78, 5) is 39.9. The van der Waals surface area contributed by atoms with Gasteiger partial charge in [0.15, 0.2) is 17.1 Å². The first-order valence-corrected chi connectivity index (χ1v) is 11.4. The number of nitrogens with one attached hydrogen (secondary N) is 1. The maximum atomic E-state index is 13.4. The van der Waals surface area contributed by atoms with Crippen LogP contribution in [0.5, 0.6) is 0 Å². The first kappa shape index (κ1) is 23.3. The fourth-order valence-corrected chi connectivity index (χ4v) is 4.58. The lowest BCUT2D eigenvalue weighted by atomic mass is 10.1. The number of hydrogen-bond donors (Lipinski definition) is 2. The summed E-state index contributed by atoms with van der Waals surface area (Å²) in [6, 6.07) is 8.40. The predicted molar refractivity (Wildman–Crippen MR) is 133 cm³/mol. The molecule has 0 radical (unpaired) electrons. The summed E-state index contributed by atoms with van der Waals surface area (Å²) in [6.07, 6.45) is 5.12. The Morgan fingerprint density at radius 1 is 1.25 bits per heavy atom. The number of pyridine rings is 3. The molecule has 5 heterocycles. The second kappa shape index (κ2) is 8.94. The number of halogens is 1. The van der Waals surface area contributed by atoms with E-state index in [2.05, 4.69) is 15.3 Å². The van der Waals surface area contributed by atoms with Crippen molar-refractivity contribution in [2.75, 3.05) is 10.2 Å².